The first-order chi connectivity index (χ1) is 18.8. The Kier molecular flexibility index (Phi) is 8.17. The minimum Gasteiger partial charge on any atom is -0.299 e. The second-order valence-electron chi connectivity index (χ2n) is 10.1. The van der Waals surface area contributed by atoms with Gasteiger partial charge < -0.3 is 0 Å². The summed E-state index contributed by atoms with van der Waals surface area (Å²) in [6.07, 6.45) is 1.80. The van der Waals surface area contributed by atoms with Gasteiger partial charge >= 0.3 is 6.18 Å². The van der Waals surface area contributed by atoms with E-state index in [1.54, 1.807) is 12.3 Å². The van der Waals surface area contributed by atoms with E-state index in [2.05, 4.69) is 27.0 Å². The predicted octanol–water partition coefficient (Wildman–Crippen LogP) is 7.16. The first kappa shape index (κ1) is 26.8. The lowest BCUT2D eigenvalue weighted by molar-refractivity contribution is -0.137. The van der Waals surface area contributed by atoms with Gasteiger partial charge in [0.05, 0.1) is 11.3 Å². The number of piperidine rings is 1. The number of ketones is 1. The van der Waals surface area contributed by atoms with Crippen molar-refractivity contribution in [1.29, 1.82) is 0 Å². The first-order valence-corrected chi connectivity index (χ1v) is 13.3. The summed E-state index contributed by atoms with van der Waals surface area (Å²) in [7, 11) is 0. The smallest absolute Gasteiger partial charge is 0.299 e. The summed E-state index contributed by atoms with van der Waals surface area (Å²) in [5.74, 6) is 0.623. The number of aromatic nitrogens is 2. The van der Waals surface area contributed by atoms with Crippen molar-refractivity contribution in [3.8, 4) is 11.3 Å². The molecule has 4 nitrogen and oxygen atoms in total. The number of hydrogen-bond acceptors (Lipinski definition) is 4. The molecule has 1 aliphatic rings. The number of benzene rings is 3. The van der Waals surface area contributed by atoms with E-state index in [-0.39, 0.29) is 5.78 Å². The topological polar surface area (TPSA) is 46.1 Å². The van der Waals surface area contributed by atoms with Crippen molar-refractivity contribution in [2.24, 2.45) is 0 Å². The number of alkyl halides is 3. The van der Waals surface area contributed by atoms with E-state index >= 15 is 0 Å². The van der Waals surface area contributed by atoms with Crippen LogP contribution in [-0.4, -0.2) is 33.7 Å². The Balaban J connectivity index is 1.22. The number of carbonyl (C=O) groups excluding carboxylic acids is 1. The lowest BCUT2D eigenvalue weighted by Crippen LogP contribution is -2.29. The quantitative estimate of drug-likeness (QED) is 0.227. The Bertz CT molecular complexity index is 1410. The van der Waals surface area contributed by atoms with Gasteiger partial charge in [-0.2, -0.15) is 13.2 Å². The SMILES string of the molecule is O=C(Cc1cccc(Cc2nccc(-c3ccc(C(F)(F)F)cc3)n2)c1)c1ccc(CN2CCCCC2)cc1. The Morgan fingerprint density at radius 3 is 2.26 bits per heavy atom. The van der Waals surface area contributed by atoms with Crippen LogP contribution in [0.4, 0.5) is 13.2 Å². The van der Waals surface area contributed by atoms with Gasteiger partial charge in [-0.05, 0) is 60.8 Å². The molecule has 0 radical (unpaired) electrons. The normalized spacial score (nSPS) is 14.3. The van der Waals surface area contributed by atoms with Gasteiger partial charge in [-0.3, -0.25) is 9.69 Å². The molecule has 0 unspecified atom stereocenters. The summed E-state index contributed by atoms with van der Waals surface area (Å²) in [5.41, 5.74) is 4.26. The molecule has 0 spiro atoms. The molecule has 200 valence electrons. The van der Waals surface area contributed by atoms with Gasteiger partial charge in [0.15, 0.2) is 5.78 Å². The highest BCUT2D eigenvalue weighted by molar-refractivity contribution is 5.97. The van der Waals surface area contributed by atoms with E-state index < -0.39 is 11.7 Å². The third kappa shape index (κ3) is 7.18. The molecule has 0 aliphatic carbocycles. The van der Waals surface area contributed by atoms with E-state index in [1.165, 1.54) is 37.0 Å². The van der Waals surface area contributed by atoms with Gasteiger partial charge in [0.1, 0.15) is 5.82 Å². The first-order valence-electron chi connectivity index (χ1n) is 13.3. The molecule has 1 aliphatic heterocycles. The number of carbonyl (C=O) groups is 1. The van der Waals surface area contributed by atoms with E-state index in [0.717, 1.165) is 42.9 Å². The van der Waals surface area contributed by atoms with Crippen LogP contribution in [0.25, 0.3) is 11.3 Å². The lowest BCUT2D eigenvalue weighted by Gasteiger charge is -2.26. The zero-order chi connectivity index (χ0) is 27.2. The molecule has 3 aromatic carbocycles. The van der Waals surface area contributed by atoms with Gasteiger partial charge in [0, 0.05) is 36.7 Å². The molecular weight excluding hydrogens is 499 g/mol. The van der Waals surface area contributed by atoms with Crippen molar-refractivity contribution in [2.45, 2.75) is 44.8 Å². The Labute approximate surface area is 226 Å². The van der Waals surface area contributed by atoms with Crippen LogP contribution in [0.1, 0.15) is 57.7 Å². The van der Waals surface area contributed by atoms with Gasteiger partial charge in [-0.1, -0.05) is 67.1 Å². The zero-order valence-electron chi connectivity index (χ0n) is 21.6. The van der Waals surface area contributed by atoms with Gasteiger partial charge in [-0.25, -0.2) is 9.97 Å². The van der Waals surface area contributed by atoms with Gasteiger partial charge in [0.25, 0.3) is 0 Å². The fraction of sp³-hybridized carbons (Fsp3) is 0.281. The fourth-order valence-corrected chi connectivity index (χ4v) is 4.97. The molecule has 0 saturated carbocycles. The highest BCUT2D eigenvalue weighted by Crippen LogP contribution is 2.30. The molecule has 0 N–H and O–H groups in total. The Morgan fingerprint density at radius 1 is 0.821 bits per heavy atom. The summed E-state index contributed by atoms with van der Waals surface area (Å²) in [5, 5.41) is 0. The fourth-order valence-electron chi connectivity index (χ4n) is 4.97. The second-order valence-corrected chi connectivity index (χ2v) is 10.1. The summed E-state index contributed by atoms with van der Waals surface area (Å²) in [6.45, 7) is 3.21. The van der Waals surface area contributed by atoms with Crippen LogP contribution in [0.15, 0.2) is 85.1 Å². The van der Waals surface area contributed by atoms with Gasteiger partial charge in [0.2, 0.25) is 0 Å². The van der Waals surface area contributed by atoms with E-state index in [9.17, 15) is 18.0 Å². The largest absolute Gasteiger partial charge is 0.416 e. The summed E-state index contributed by atoms with van der Waals surface area (Å²) >= 11 is 0. The van der Waals surface area contributed by atoms with Crippen molar-refractivity contribution < 1.29 is 18.0 Å². The molecule has 2 heterocycles. The van der Waals surface area contributed by atoms with Crippen molar-refractivity contribution in [3.05, 3.63) is 119 Å². The van der Waals surface area contributed by atoms with E-state index in [1.807, 2.05) is 36.4 Å². The van der Waals surface area contributed by atoms with Crippen LogP contribution in [0.3, 0.4) is 0 Å². The number of Topliss-reactive ketones (excluding diaryl/α,β-unsaturated/α-hetero) is 1. The molecule has 39 heavy (non-hydrogen) atoms. The summed E-state index contributed by atoms with van der Waals surface area (Å²) in [4.78, 5) is 24.3. The van der Waals surface area contributed by atoms with Crippen molar-refractivity contribution >= 4 is 5.78 Å². The molecule has 1 saturated heterocycles. The molecule has 0 amide bonds. The number of hydrogen-bond donors (Lipinski definition) is 0. The van der Waals surface area contributed by atoms with Gasteiger partial charge in [-0.15, -0.1) is 0 Å². The van der Waals surface area contributed by atoms with E-state index in [0.29, 0.717) is 35.5 Å². The molecule has 4 aromatic rings. The highest BCUT2D eigenvalue weighted by Gasteiger charge is 2.30. The Morgan fingerprint density at radius 2 is 1.54 bits per heavy atom. The maximum Gasteiger partial charge on any atom is 0.416 e. The highest BCUT2D eigenvalue weighted by atomic mass is 19.4. The summed E-state index contributed by atoms with van der Waals surface area (Å²) in [6, 6.07) is 22.4. The summed E-state index contributed by atoms with van der Waals surface area (Å²) < 4.78 is 38.7. The number of likely N-dealkylation sites (tertiary alicyclic amines) is 1. The van der Waals surface area contributed by atoms with Crippen molar-refractivity contribution in [2.75, 3.05) is 13.1 Å². The monoisotopic (exact) mass is 529 g/mol. The van der Waals surface area contributed by atoms with Crippen LogP contribution < -0.4 is 0 Å². The number of rotatable bonds is 8. The van der Waals surface area contributed by atoms with Crippen LogP contribution in [0, 0.1) is 0 Å². The van der Waals surface area contributed by atoms with Crippen molar-refractivity contribution in [1.82, 2.24) is 14.9 Å². The number of halogens is 3. The third-order valence-corrected chi connectivity index (χ3v) is 7.06. The van der Waals surface area contributed by atoms with Crippen LogP contribution in [0.5, 0.6) is 0 Å². The second kappa shape index (κ2) is 11.9. The maximum atomic E-state index is 13.0. The van der Waals surface area contributed by atoms with Crippen LogP contribution in [-0.2, 0) is 25.6 Å². The van der Waals surface area contributed by atoms with Crippen LogP contribution >= 0.6 is 0 Å². The molecule has 1 aromatic heterocycles. The molecule has 7 heteroatoms. The minimum absolute atomic E-state index is 0.0669. The predicted molar refractivity (Wildman–Crippen MR) is 145 cm³/mol. The molecule has 0 bridgehead atoms. The van der Waals surface area contributed by atoms with E-state index in [4.69, 9.17) is 0 Å². The molecule has 1 fully saturated rings. The van der Waals surface area contributed by atoms with Crippen LogP contribution in [0.2, 0.25) is 0 Å². The lowest BCUT2D eigenvalue weighted by atomic mass is 9.99. The maximum absolute atomic E-state index is 13.0. The Hall–Kier alpha value is -3.84. The number of nitrogens with zero attached hydrogens (tertiary/aromatic N) is 3. The molecular formula is C32H30F3N3O. The third-order valence-electron chi connectivity index (χ3n) is 7.06. The average molecular weight is 530 g/mol. The minimum atomic E-state index is -4.38. The molecule has 0 atom stereocenters. The zero-order valence-corrected chi connectivity index (χ0v) is 21.6. The standard InChI is InChI=1S/C32H30F3N3O/c33-32(34,35)28-13-11-26(12-14-28)29-15-16-36-31(37-29)21-25-6-4-5-24(19-25)20-30(39)27-9-7-23(8-10-27)22-38-17-2-1-3-18-38/h4-16,19H,1-3,17-18,20-22H2. The van der Waals surface area contributed by atoms with Crippen molar-refractivity contribution in [3.63, 3.8) is 0 Å². The average Bonchev–Trinajstić information content (AvgIpc) is 2.94. The molecule has 5 rings (SSSR count).